The Kier molecular flexibility index (Phi) is 5.43. The van der Waals surface area contributed by atoms with Crippen molar-refractivity contribution in [2.24, 2.45) is 5.41 Å². The second-order valence-corrected chi connectivity index (χ2v) is 3.37. The number of aliphatic hydroxyl groups is 4. The summed E-state index contributed by atoms with van der Waals surface area (Å²) in [5.41, 5.74) is -1.38. The van der Waals surface area contributed by atoms with E-state index in [2.05, 4.69) is 0 Å². The zero-order valence-electron chi connectivity index (χ0n) is 7.97. The Morgan fingerprint density at radius 2 is 1.46 bits per heavy atom. The molecule has 0 aromatic heterocycles. The molecule has 0 aromatic carbocycles. The minimum Gasteiger partial charge on any atom is -0.395 e. The van der Waals surface area contributed by atoms with Crippen LogP contribution in [0.25, 0.3) is 0 Å². The van der Waals surface area contributed by atoms with Crippen LogP contribution in [-0.2, 0) is 4.74 Å². The van der Waals surface area contributed by atoms with E-state index in [1.807, 2.05) is 0 Å². The first-order valence-electron chi connectivity index (χ1n) is 4.18. The lowest BCUT2D eigenvalue weighted by molar-refractivity contribution is -0.225. The molecule has 0 amide bonds. The van der Waals surface area contributed by atoms with Gasteiger partial charge >= 0.3 is 0 Å². The first-order valence-corrected chi connectivity index (χ1v) is 4.18. The highest BCUT2D eigenvalue weighted by atomic mass is 16.6. The lowest BCUT2D eigenvalue weighted by atomic mass is 9.90. The van der Waals surface area contributed by atoms with Crippen molar-refractivity contribution in [1.82, 2.24) is 0 Å². The number of ether oxygens (including phenoxy) is 1. The summed E-state index contributed by atoms with van der Waals surface area (Å²) in [5.74, 6) is 0. The van der Waals surface area contributed by atoms with Gasteiger partial charge in [-0.2, -0.15) is 0 Å². The maximum Gasteiger partial charge on any atom is 0.167 e. The summed E-state index contributed by atoms with van der Waals surface area (Å²) in [7, 11) is 0. The molecule has 5 heteroatoms. The van der Waals surface area contributed by atoms with Crippen LogP contribution >= 0.6 is 0 Å². The zero-order chi connectivity index (χ0) is 10.5. The lowest BCUT2D eigenvalue weighted by Gasteiger charge is -2.33. The molecule has 0 heterocycles. The van der Waals surface area contributed by atoms with Gasteiger partial charge in [0.15, 0.2) is 6.29 Å². The summed E-state index contributed by atoms with van der Waals surface area (Å²) in [6, 6.07) is 0. The number of hydrogen-bond acceptors (Lipinski definition) is 5. The van der Waals surface area contributed by atoms with Gasteiger partial charge in [0.1, 0.15) is 0 Å². The van der Waals surface area contributed by atoms with Crippen LogP contribution in [0, 0.1) is 5.41 Å². The van der Waals surface area contributed by atoms with Gasteiger partial charge in [-0.05, 0) is 13.8 Å². The fourth-order valence-corrected chi connectivity index (χ4v) is 0.786. The second kappa shape index (κ2) is 5.51. The normalized spacial score (nSPS) is 15.0. The predicted molar refractivity (Wildman–Crippen MR) is 45.9 cm³/mol. The quantitative estimate of drug-likeness (QED) is 0.394. The lowest BCUT2D eigenvalue weighted by Crippen LogP contribution is -2.47. The van der Waals surface area contributed by atoms with Crippen molar-refractivity contribution in [2.75, 3.05) is 19.8 Å². The highest BCUT2D eigenvalue weighted by Gasteiger charge is 2.38. The molecule has 1 unspecified atom stereocenters. The molecular weight excluding hydrogens is 176 g/mol. The zero-order valence-corrected chi connectivity index (χ0v) is 7.97. The summed E-state index contributed by atoms with van der Waals surface area (Å²) in [4.78, 5) is 0. The predicted octanol–water partition coefficient (Wildman–Crippen LogP) is -1.31. The van der Waals surface area contributed by atoms with Crippen molar-refractivity contribution in [3.05, 3.63) is 0 Å². The van der Waals surface area contributed by atoms with E-state index in [1.165, 1.54) is 0 Å². The maximum atomic E-state index is 9.43. The Hall–Kier alpha value is -0.200. The van der Waals surface area contributed by atoms with Gasteiger partial charge in [0.05, 0.1) is 31.3 Å². The molecule has 1 atom stereocenters. The molecule has 80 valence electrons. The molecule has 0 bridgehead atoms. The fourth-order valence-electron chi connectivity index (χ4n) is 0.786. The summed E-state index contributed by atoms with van der Waals surface area (Å²) in [5, 5.41) is 36.1. The van der Waals surface area contributed by atoms with Crippen molar-refractivity contribution >= 4 is 0 Å². The molecule has 4 N–H and O–H groups in total. The van der Waals surface area contributed by atoms with Crippen LogP contribution in [0.2, 0.25) is 0 Å². The molecule has 0 aliphatic rings. The highest BCUT2D eigenvalue weighted by Crippen LogP contribution is 2.22. The molecule has 13 heavy (non-hydrogen) atoms. The summed E-state index contributed by atoms with van der Waals surface area (Å²) >= 11 is 0. The maximum absolute atomic E-state index is 9.43. The van der Waals surface area contributed by atoms with Crippen LogP contribution in [-0.4, -0.2) is 52.6 Å². The van der Waals surface area contributed by atoms with Crippen LogP contribution in [0.4, 0.5) is 0 Å². The second-order valence-electron chi connectivity index (χ2n) is 3.37. The van der Waals surface area contributed by atoms with Gasteiger partial charge in [-0.25, -0.2) is 0 Å². The molecule has 0 spiro atoms. The van der Waals surface area contributed by atoms with E-state index >= 15 is 0 Å². The van der Waals surface area contributed by atoms with E-state index in [9.17, 15) is 5.11 Å². The molecule has 0 aliphatic carbocycles. The largest absolute Gasteiger partial charge is 0.395 e. The highest BCUT2D eigenvalue weighted by molar-refractivity contribution is 4.80. The summed E-state index contributed by atoms with van der Waals surface area (Å²) in [6.07, 6.45) is -1.61. The SMILES string of the molecule is CC(C)OC(O)C(CO)(CO)CO. The molecule has 0 aliphatic heterocycles. The van der Waals surface area contributed by atoms with E-state index in [0.717, 1.165) is 0 Å². The first-order chi connectivity index (χ1) is 6.02. The third kappa shape index (κ3) is 3.21. The van der Waals surface area contributed by atoms with Crippen molar-refractivity contribution in [3.8, 4) is 0 Å². The summed E-state index contributed by atoms with van der Waals surface area (Å²) in [6.45, 7) is 1.82. The van der Waals surface area contributed by atoms with Crippen LogP contribution in [0.15, 0.2) is 0 Å². The standard InChI is InChI=1S/C8H18O5/c1-6(2)13-7(12)8(3-9,4-10)5-11/h6-7,9-12H,3-5H2,1-2H3. The average Bonchev–Trinajstić information content (AvgIpc) is 2.07. The third-order valence-corrected chi connectivity index (χ3v) is 1.87. The number of aliphatic hydroxyl groups excluding tert-OH is 4. The molecule has 5 nitrogen and oxygen atoms in total. The van der Waals surface area contributed by atoms with Gasteiger partial charge in [-0.1, -0.05) is 0 Å². The third-order valence-electron chi connectivity index (χ3n) is 1.87. The minimum atomic E-state index is -1.38. The Morgan fingerprint density at radius 3 is 1.69 bits per heavy atom. The fraction of sp³-hybridized carbons (Fsp3) is 1.00. The average molecular weight is 194 g/mol. The van der Waals surface area contributed by atoms with E-state index in [-0.39, 0.29) is 6.10 Å². The van der Waals surface area contributed by atoms with E-state index in [0.29, 0.717) is 0 Å². The summed E-state index contributed by atoms with van der Waals surface area (Å²) < 4.78 is 4.96. The molecule has 0 rings (SSSR count). The monoisotopic (exact) mass is 194 g/mol. The molecular formula is C8H18O5. The minimum absolute atomic E-state index is 0.237. The Bertz CT molecular complexity index is 124. The van der Waals surface area contributed by atoms with E-state index in [4.69, 9.17) is 20.1 Å². The molecule has 0 saturated carbocycles. The van der Waals surface area contributed by atoms with Gasteiger partial charge in [0.2, 0.25) is 0 Å². The number of hydrogen-bond donors (Lipinski definition) is 4. The first kappa shape index (κ1) is 12.8. The van der Waals surface area contributed by atoms with Gasteiger partial charge in [-0.3, -0.25) is 0 Å². The van der Waals surface area contributed by atoms with E-state index in [1.54, 1.807) is 13.8 Å². The van der Waals surface area contributed by atoms with Crippen LogP contribution in [0.5, 0.6) is 0 Å². The van der Waals surface area contributed by atoms with Crippen molar-refractivity contribution < 1.29 is 25.2 Å². The Balaban J connectivity index is 4.34. The van der Waals surface area contributed by atoms with Crippen LogP contribution < -0.4 is 0 Å². The van der Waals surface area contributed by atoms with Gasteiger partial charge < -0.3 is 25.2 Å². The van der Waals surface area contributed by atoms with Crippen LogP contribution in [0.1, 0.15) is 13.8 Å². The van der Waals surface area contributed by atoms with E-state index < -0.39 is 31.5 Å². The van der Waals surface area contributed by atoms with Gasteiger partial charge in [0, 0.05) is 0 Å². The Labute approximate surface area is 77.6 Å². The van der Waals surface area contributed by atoms with Gasteiger partial charge in [0.25, 0.3) is 0 Å². The van der Waals surface area contributed by atoms with Crippen molar-refractivity contribution in [1.29, 1.82) is 0 Å². The van der Waals surface area contributed by atoms with Crippen LogP contribution in [0.3, 0.4) is 0 Å². The molecule has 0 aromatic rings. The topological polar surface area (TPSA) is 90.2 Å². The van der Waals surface area contributed by atoms with Gasteiger partial charge in [-0.15, -0.1) is 0 Å². The molecule has 0 fully saturated rings. The van der Waals surface area contributed by atoms with Crippen molar-refractivity contribution in [3.63, 3.8) is 0 Å². The Morgan fingerprint density at radius 1 is 1.08 bits per heavy atom. The van der Waals surface area contributed by atoms with Crippen molar-refractivity contribution in [2.45, 2.75) is 26.2 Å². The molecule has 0 saturated heterocycles. The smallest absolute Gasteiger partial charge is 0.167 e. The number of rotatable bonds is 6. The molecule has 0 radical (unpaired) electrons.